The third-order valence-corrected chi connectivity index (χ3v) is 1.71. The Kier molecular flexibility index (Phi) is 2.87. The van der Waals surface area contributed by atoms with Crippen LogP contribution < -0.4 is 9.98 Å². The summed E-state index contributed by atoms with van der Waals surface area (Å²) in [4.78, 5) is 24.9. The van der Waals surface area contributed by atoms with E-state index in [1.807, 2.05) is 0 Å². The molecular formula is C9H8N2O2+2. The van der Waals surface area contributed by atoms with E-state index in [2.05, 4.69) is 9.98 Å². The highest BCUT2D eigenvalue weighted by atomic mass is 16.1. The van der Waals surface area contributed by atoms with E-state index in [4.69, 9.17) is 0 Å². The van der Waals surface area contributed by atoms with E-state index in [1.165, 1.54) is 0 Å². The standard InChI is InChI=1S/C9H6N2O2/c1-7-8(10-5-12)3-2-4-9(7)11-6-13/h2-4H,1H3/p+2. The normalized spacial score (nSPS) is 8.38. The fourth-order valence-electron chi connectivity index (χ4n) is 1.02. The zero-order chi connectivity index (χ0) is 9.68. The van der Waals surface area contributed by atoms with Crippen LogP contribution in [0, 0.1) is 6.92 Å². The zero-order valence-corrected chi connectivity index (χ0v) is 7.05. The summed E-state index contributed by atoms with van der Waals surface area (Å²) in [5.74, 6) is 0. The molecule has 1 rings (SSSR count). The molecule has 0 bridgehead atoms. The summed E-state index contributed by atoms with van der Waals surface area (Å²) in [5.41, 5.74) is 2.01. The van der Waals surface area contributed by atoms with Gasteiger partial charge in [0.05, 0.1) is 5.56 Å². The van der Waals surface area contributed by atoms with E-state index < -0.39 is 0 Å². The molecule has 4 heteroatoms. The zero-order valence-electron chi connectivity index (χ0n) is 7.05. The number of hydrogen-bond donors (Lipinski definition) is 2. The van der Waals surface area contributed by atoms with Gasteiger partial charge in [0, 0.05) is 12.1 Å². The minimum absolute atomic E-state index is 0.621. The SMILES string of the molecule is Cc1c([NH+]=C=O)cccc1[NH+]=C=O. The van der Waals surface area contributed by atoms with E-state index in [9.17, 15) is 9.59 Å². The molecule has 1 aromatic carbocycles. The number of carbonyl (C=O) groups excluding carboxylic acids is 2. The van der Waals surface area contributed by atoms with Gasteiger partial charge in [-0.25, -0.2) is 0 Å². The van der Waals surface area contributed by atoms with Crippen molar-refractivity contribution in [2.75, 3.05) is 0 Å². The Balaban J connectivity index is 3.33. The van der Waals surface area contributed by atoms with Gasteiger partial charge in [0.15, 0.2) is 0 Å². The second-order valence-corrected chi connectivity index (χ2v) is 2.43. The topological polar surface area (TPSA) is 62.1 Å². The lowest BCUT2D eigenvalue weighted by atomic mass is 10.1. The highest BCUT2D eigenvalue weighted by Gasteiger charge is 2.10. The molecular weight excluding hydrogens is 168 g/mol. The first-order valence-electron chi connectivity index (χ1n) is 3.65. The van der Waals surface area contributed by atoms with Crippen molar-refractivity contribution in [2.45, 2.75) is 6.92 Å². The Bertz CT molecular complexity index is 377. The summed E-state index contributed by atoms with van der Waals surface area (Å²) in [5, 5.41) is 0. The summed E-state index contributed by atoms with van der Waals surface area (Å²) < 4.78 is 0. The van der Waals surface area contributed by atoms with Gasteiger partial charge in [-0.15, -0.1) is 9.98 Å². The number of hydrogen-bond acceptors (Lipinski definition) is 2. The van der Waals surface area contributed by atoms with Gasteiger partial charge in [-0.05, 0) is 13.0 Å². The highest BCUT2D eigenvalue weighted by molar-refractivity contribution is 5.53. The first kappa shape index (κ1) is 9.07. The van der Waals surface area contributed by atoms with Crippen molar-refractivity contribution < 1.29 is 19.6 Å². The van der Waals surface area contributed by atoms with Crippen LogP contribution in [0.2, 0.25) is 0 Å². The third-order valence-electron chi connectivity index (χ3n) is 1.71. The highest BCUT2D eigenvalue weighted by Crippen LogP contribution is 2.13. The van der Waals surface area contributed by atoms with Gasteiger partial charge in [0.2, 0.25) is 11.4 Å². The van der Waals surface area contributed by atoms with Gasteiger partial charge in [0.25, 0.3) is 0 Å². The molecule has 0 aliphatic carbocycles. The molecule has 0 heterocycles. The Morgan fingerprint density at radius 1 is 1.08 bits per heavy atom. The lowest BCUT2D eigenvalue weighted by Crippen LogP contribution is -2.63. The quantitative estimate of drug-likeness (QED) is 0.408. The van der Waals surface area contributed by atoms with E-state index in [-0.39, 0.29) is 0 Å². The smallest absolute Gasteiger partial charge is 0.159 e. The maximum absolute atomic E-state index is 10.1. The Morgan fingerprint density at radius 2 is 1.54 bits per heavy atom. The summed E-state index contributed by atoms with van der Waals surface area (Å²) in [6.07, 6.45) is 3.14. The largest absolute Gasteiger partial charge is 0.428 e. The van der Waals surface area contributed by atoms with Crippen LogP contribution in [-0.4, -0.2) is 12.2 Å². The molecule has 0 aliphatic rings. The summed E-state index contributed by atoms with van der Waals surface area (Å²) in [6.45, 7) is 1.78. The molecule has 0 saturated carbocycles. The van der Waals surface area contributed by atoms with Crippen LogP contribution >= 0.6 is 0 Å². The molecule has 64 valence electrons. The van der Waals surface area contributed by atoms with Crippen molar-refractivity contribution in [1.29, 1.82) is 0 Å². The second kappa shape index (κ2) is 4.12. The van der Waals surface area contributed by atoms with Crippen molar-refractivity contribution in [3.05, 3.63) is 23.8 Å². The average molecular weight is 176 g/mol. The maximum atomic E-state index is 10.1. The molecule has 0 amide bonds. The van der Waals surface area contributed by atoms with E-state index in [0.717, 1.165) is 5.56 Å². The molecule has 0 aromatic heterocycles. The Morgan fingerprint density at radius 3 is 1.92 bits per heavy atom. The number of rotatable bonds is 2. The van der Waals surface area contributed by atoms with Gasteiger partial charge < -0.3 is 0 Å². The van der Waals surface area contributed by atoms with Crippen LogP contribution in [0.25, 0.3) is 0 Å². The molecule has 2 N–H and O–H groups in total. The fourth-order valence-corrected chi connectivity index (χ4v) is 1.02. The van der Waals surface area contributed by atoms with E-state index in [1.54, 1.807) is 37.3 Å². The molecule has 0 spiro atoms. The van der Waals surface area contributed by atoms with Gasteiger partial charge in [0.1, 0.15) is 0 Å². The maximum Gasteiger partial charge on any atom is 0.428 e. The van der Waals surface area contributed by atoms with Crippen molar-refractivity contribution >= 4 is 23.5 Å². The van der Waals surface area contributed by atoms with Crippen molar-refractivity contribution in [1.82, 2.24) is 0 Å². The van der Waals surface area contributed by atoms with Gasteiger partial charge >= 0.3 is 12.2 Å². The number of isocyanates is 2. The average Bonchev–Trinajstić information content (AvgIpc) is 2.13. The minimum atomic E-state index is 0.621. The number of nitrogens with one attached hydrogen (secondary N) is 2. The lowest BCUT2D eigenvalue weighted by molar-refractivity contribution is -0.361. The molecule has 0 fully saturated rings. The summed E-state index contributed by atoms with van der Waals surface area (Å²) >= 11 is 0. The van der Waals surface area contributed by atoms with Gasteiger partial charge in [-0.2, -0.15) is 9.59 Å². The van der Waals surface area contributed by atoms with Gasteiger partial charge in [-0.1, -0.05) is 0 Å². The predicted molar refractivity (Wildman–Crippen MR) is 43.8 cm³/mol. The Labute approximate surface area is 74.6 Å². The molecule has 13 heavy (non-hydrogen) atoms. The second-order valence-electron chi connectivity index (χ2n) is 2.43. The third kappa shape index (κ3) is 1.97. The van der Waals surface area contributed by atoms with Crippen LogP contribution in [-0.2, 0) is 9.59 Å². The first-order valence-corrected chi connectivity index (χ1v) is 3.65. The lowest BCUT2D eigenvalue weighted by Gasteiger charge is -1.90. The van der Waals surface area contributed by atoms with Crippen LogP contribution in [0.15, 0.2) is 18.2 Å². The van der Waals surface area contributed by atoms with Crippen molar-refractivity contribution in [2.24, 2.45) is 0 Å². The minimum Gasteiger partial charge on any atom is -0.159 e. The summed E-state index contributed by atoms with van der Waals surface area (Å²) in [6, 6.07) is 5.15. The molecule has 0 unspecified atom stereocenters. The predicted octanol–water partition coefficient (Wildman–Crippen LogP) is -1.91. The summed E-state index contributed by atoms with van der Waals surface area (Å²) in [7, 11) is 0. The van der Waals surface area contributed by atoms with Crippen LogP contribution in [0.1, 0.15) is 5.56 Å². The van der Waals surface area contributed by atoms with Crippen LogP contribution in [0.5, 0.6) is 0 Å². The van der Waals surface area contributed by atoms with E-state index in [0.29, 0.717) is 11.4 Å². The van der Waals surface area contributed by atoms with Crippen molar-refractivity contribution in [3.63, 3.8) is 0 Å². The molecule has 4 nitrogen and oxygen atoms in total. The van der Waals surface area contributed by atoms with Crippen LogP contribution in [0.3, 0.4) is 0 Å². The molecule has 0 aliphatic heterocycles. The molecule has 0 atom stereocenters. The Hall–Kier alpha value is -2.02. The first-order chi connectivity index (χ1) is 6.29. The van der Waals surface area contributed by atoms with Crippen molar-refractivity contribution in [3.8, 4) is 0 Å². The van der Waals surface area contributed by atoms with Crippen LogP contribution in [0.4, 0.5) is 11.4 Å². The number of benzene rings is 1. The van der Waals surface area contributed by atoms with Gasteiger partial charge in [-0.3, -0.25) is 0 Å². The molecule has 0 saturated heterocycles. The monoisotopic (exact) mass is 176 g/mol. The van der Waals surface area contributed by atoms with E-state index >= 15 is 0 Å². The fraction of sp³-hybridized carbons (Fsp3) is 0.111. The molecule has 0 radical (unpaired) electrons. The molecule has 1 aromatic rings.